The van der Waals surface area contributed by atoms with E-state index in [1.54, 1.807) is 0 Å². The van der Waals surface area contributed by atoms with Crippen molar-refractivity contribution in [3.8, 4) is 17.8 Å². The Labute approximate surface area is 338 Å². The quantitative estimate of drug-likeness (QED) is 0.170. The Morgan fingerprint density at radius 1 is 0.328 bits per heavy atom. The van der Waals surface area contributed by atoms with Crippen molar-refractivity contribution < 1.29 is 16.5 Å². The summed E-state index contributed by atoms with van der Waals surface area (Å²) in [5.74, 6) is 2.66. The fourth-order valence-corrected chi connectivity index (χ4v) is 15.6. The van der Waals surface area contributed by atoms with Crippen LogP contribution in [-0.4, -0.2) is 42.4 Å². The molecule has 9 nitrogen and oxygen atoms in total. The van der Waals surface area contributed by atoms with Crippen LogP contribution in [0.2, 0.25) is 0 Å². The fourth-order valence-electron chi connectivity index (χ4n) is 8.58. The van der Waals surface area contributed by atoms with Crippen LogP contribution in [0, 0.1) is 0 Å². The van der Waals surface area contributed by atoms with E-state index in [0.29, 0.717) is 0 Å². The van der Waals surface area contributed by atoms with Crippen LogP contribution in [0.4, 0.5) is 0 Å². The summed E-state index contributed by atoms with van der Waals surface area (Å²) < 4.78 is 17.1. The molecule has 0 radical (unpaired) electrons. The van der Waals surface area contributed by atoms with Crippen LogP contribution in [0.3, 0.4) is 0 Å². The van der Waals surface area contributed by atoms with Gasteiger partial charge in [-0.15, -0.1) is 0 Å². The maximum absolute atomic E-state index is 5.54. The van der Waals surface area contributed by atoms with Crippen molar-refractivity contribution in [3.63, 3.8) is 0 Å². The molecule has 12 rings (SSSR count). The number of imidazole rings is 3. The van der Waals surface area contributed by atoms with Gasteiger partial charge in [-0.05, 0) is 0 Å². The van der Waals surface area contributed by atoms with Gasteiger partial charge in [-0.25, -0.2) is 0 Å². The van der Waals surface area contributed by atoms with Crippen molar-refractivity contribution in [1.29, 1.82) is 0 Å². The van der Waals surface area contributed by atoms with Crippen molar-refractivity contribution in [3.05, 3.63) is 164 Å². The predicted octanol–water partition coefficient (Wildman–Crippen LogP) is 8.07. The molecule has 0 aliphatic heterocycles. The summed E-state index contributed by atoms with van der Waals surface area (Å²) >= 11 is -2.85. The van der Waals surface area contributed by atoms with Crippen LogP contribution >= 0.6 is 0 Å². The molecule has 0 saturated carbocycles. The van der Waals surface area contributed by atoms with Gasteiger partial charge in [0.15, 0.2) is 0 Å². The van der Waals surface area contributed by atoms with Gasteiger partial charge in [0.05, 0.1) is 0 Å². The topological polar surface area (TPSA) is 68.2 Å². The van der Waals surface area contributed by atoms with Crippen molar-refractivity contribution in [2.75, 3.05) is 0 Å². The van der Waals surface area contributed by atoms with Crippen LogP contribution in [0.15, 0.2) is 164 Å². The van der Waals surface area contributed by atoms with E-state index < -0.39 is 16.5 Å². The molecule has 0 unspecified atom stereocenters. The van der Waals surface area contributed by atoms with Crippen LogP contribution < -0.4 is 12.2 Å². The first-order valence-electron chi connectivity index (χ1n) is 19.2. The van der Waals surface area contributed by atoms with Gasteiger partial charge in [-0.2, -0.15) is 0 Å². The third-order valence-corrected chi connectivity index (χ3v) is 18.2. The fraction of sp³-hybridized carbons (Fsp3) is 0.0625. The number of para-hydroxylation sites is 6. The molecule has 58 heavy (non-hydrogen) atoms. The van der Waals surface area contributed by atoms with Gasteiger partial charge in [0, 0.05) is 0 Å². The van der Waals surface area contributed by atoms with Crippen molar-refractivity contribution in [2.24, 2.45) is 21.1 Å². The molecule has 0 aliphatic rings. The molecule has 282 valence electrons. The molecule has 10 heteroatoms. The van der Waals surface area contributed by atoms with Crippen LogP contribution in [-0.2, 0) is 37.6 Å². The normalized spacial score (nSPS) is 12.4. The summed E-state index contributed by atoms with van der Waals surface area (Å²) in [6.07, 6.45) is 6.39. The zero-order valence-corrected chi connectivity index (χ0v) is 34.3. The van der Waals surface area contributed by atoms with E-state index in [0.717, 1.165) is 67.5 Å². The molecule has 0 amide bonds. The average molecular weight is 931 g/mol. The minimum atomic E-state index is -2.85. The number of hydrogen-bond acceptors (Lipinski definition) is 3. The molecule has 6 aromatic heterocycles. The summed E-state index contributed by atoms with van der Waals surface area (Å²) in [5, 5.41) is 3.56. The maximum atomic E-state index is 5.54. The second-order valence-electron chi connectivity index (χ2n) is 14.6. The number of fused-ring (bicyclic) bond motifs is 6. The Hall–Kier alpha value is -7.00. The molecular weight excluding hydrogens is 895 g/mol. The third kappa shape index (κ3) is 4.70. The minimum absolute atomic E-state index is 0.886. The van der Waals surface area contributed by atoms with Crippen LogP contribution in [0.1, 0.15) is 0 Å². The molecule has 0 bridgehead atoms. The Balaban J connectivity index is 1.14. The first kappa shape index (κ1) is 33.2. The van der Waals surface area contributed by atoms with Crippen molar-refractivity contribution in [1.82, 2.24) is 42.4 Å². The Morgan fingerprint density at radius 3 is 0.948 bits per heavy atom. The number of rotatable bonds is 6. The van der Waals surface area contributed by atoms with Crippen molar-refractivity contribution >= 4 is 78.0 Å². The van der Waals surface area contributed by atoms with Gasteiger partial charge in [-0.3, -0.25) is 0 Å². The first-order valence-corrected chi connectivity index (χ1v) is 22.8. The third-order valence-electron chi connectivity index (χ3n) is 11.4. The Morgan fingerprint density at radius 2 is 0.621 bits per heavy atom. The zero-order chi connectivity index (χ0) is 38.6. The number of hydrogen-bond donors (Lipinski definition) is 0. The van der Waals surface area contributed by atoms with Gasteiger partial charge in [0.2, 0.25) is 0 Å². The molecule has 0 saturated heterocycles. The molecule has 0 aliphatic carbocycles. The first-order chi connectivity index (χ1) is 28.5. The molecule has 12 aromatic rings. The molecule has 6 heterocycles. The van der Waals surface area contributed by atoms with Gasteiger partial charge in [-0.1, -0.05) is 0 Å². The zero-order valence-electron chi connectivity index (χ0n) is 31.9. The van der Waals surface area contributed by atoms with Crippen LogP contribution in [0.25, 0.3) is 83.7 Å². The summed E-state index contributed by atoms with van der Waals surface area (Å²) in [6.45, 7) is 0. The molecule has 0 fully saturated rings. The van der Waals surface area contributed by atoms with E-state index in [2.05, 4.69) is 213 Å². The standard InChI is InChI=1S/3C16H12N3.Ir/c3*1-18-15-9-5-3-7-13(15)17-16(18)19-11-10-12-6-2-4-8-14(12)19;/h3*2-6,8-11H,1H3;. The van der Waals surface area contributed by atoms with Gasteiger partial charge in [0.1, 0.15) is 0 Å². The molecular formula is C48H36IrN9. The van der Waals surface area contributed by atoms with Gasteiger partial charge >= 0.3 is 340 Å². The van der Waals surface area contributed by atoms with Gasteiger partial charge in [0.25, 0.3) is 0 Å². The van der Waals surface area contributed by atoms with E-state index in [-0.39, 0.29) is 0 Å². The van der Waals surface area contributed by atoms with E-state index in [1.807, 2.05) is 0 Å². The van der Waals surface area contributed by atoms with Crippen LogP contribution in [0.5, 0.6) is 0 Å². The Bertz CT molecular complexity index is 3210. The molecule has 0 spiro atoms. The predicted molar refractivity (Wildman–Crippen MR) is 232 cm³/mol. The summed E-state index contributed by atoms with van der Waals surface area (Å²) in [7, 11) is 6.38. The average Bonchev–Trinajstić information content (AvgIpc) is 4.12. The summed E-state index contributed by atoms with van der Waals surface area (Å²) in [4.78, 5) is 16.6. The summed E-state index contributed by atoms with van der Waals surface area (Å²) in [5.41, 5.74) is 9.72. The second kappa shape index (κ2) is 12.5. The van der Waals surface area contributed by atoms with E-state index in [1.165, 1.54) is 28.4 Å². The second-order valence-corrected chi connectivity index (χ2v) is 20.3. The molecule has 0 N–H and O–H groups in total. The molecule has 6 aromatic carbocycles. The number of nitrogens with zero attached hydrogens (tertiary/aromatic N) is 9. The monoisotopic (exact) mass is 931 g/mol. The van der Waals surface area contributed by atoms with Crippen molar-refractivity contribution in [2.45, 2.75) is 0 Å². The number of benzene rings is 6. The number of aromatic nitrogens is 9. The van der Waals surface area contributed by atoms with E-state index in [9.17, 15) is 0 Å². The van der Waals surface area contributed by atoms with Gasteiger partial charge < -0.3 is 0 Å². The Kier molecular flexibility index (Phi) is 7.15. The molecule has 0 atom stereocenters. The SMILES string of the molecule is Cn1c(-n2ccc3ccccc32)nc2[c]([Ir]([c]3cccc4c3nc(-n3ccc5ccccc53)n4C)[c]3cccc4c3nc(-n3ccc5ccccc53)n4C)cccc21. The summed E-state index contributed by atoms with van der Waals surface area (Å²) in [6, 6.07) is 52.1. The van der Waals surface area contributed by atoms with E-state index >= 15 is 0 Å². The van der Waals surface area contributed by atoms with E-state index in [4.69, 9.17) is 15.0 Å². The number of aryl methyl sites for hydroxylation is 3.